The monoisotopic (exact) mass is 203 g/mol. The molecule has 0 saturated carbocycles. The van der Waals surface area contributed by atoms with E-state index in [1.807, 2.05) is 6.92 Å². The van der Waals surface area contributed by atoms with E-state index in [9.17, 15) is 14.7 Å². The number of methoxy groups -OCH3 is 1. The fraction of sp³-hybridized carbons (Fsp3) is 0.778. The zero-order valence-electron chi connectivity index (χ0n) is 8.79. The van der Waals surface area contributed by atoms with Crippen LogP contribution < -0.4 is 5.32 Å². The van der Waals surface area contributed by atoms with Gasteiger partial charge in [0.1, 0.15) is 0 Å². The van der Waals surface area contributed by atoms with Gasteiger partial charge in [0, 0.05) is 7.05 Å². The summed E-state index contributed by atoms with van der Waals surface area (Å²) in [6.07, 6.45) is 0.541. The Balaban J connectivity index is 4.54. The highest BCUT2D eigenvalue weighted by Crippen LogP contribution is 2.18. The molecule has 0 aromatic heterocycles. The van der Waals surface area contributed by atoms with Crippen molar-refractivity contribution >= 4 is 11.9 Å². The lowest BCUT2D eigenvalue weighted by Crippen LogP contribution is -2.47. The summed E-state index contributed by atoms with van der Waals surface area (Å²) in [6, 6.07) is 0. The highest BCUT2D eigenvalue weighted by molar-refractivity contribution is 5.89. The van der Waals surface area contributed by atoms with E-state index in [2.05, 4.69) is 10.1 Å². The maximum absolute atomic E-state index is 11.3. The molecule has 0 aromatic carbocycles. The molecule has 0 aliphatic rings. The Kier molecular flexibility index (Phi) is 5.15. The third-order valence-corrected chi connectivity index (χ3v) is 1.98. The van der Waals surface area contributed by atoms with E-state index in [-0.39, 0.29) is 12.8 Å². The highest BCUT2D eigenvalue weighted by Gasteiger charge is 2.37. The second-order valence-electron chi connectivity index (χ2n) is 3.11. The van der Waals surface area contributed by atoms with Gasteiger partial charge in [-0.1, -0.05) is 13.3 Å². The molecule has 0 heterocycles. The zero-order chi connectivity index (χ0) is 11.2. The van der Waals surface area contributed by atoms with Gasteiger partial charge in [-0.3, -0.25) is 9.59 Å². The van der Waals surface area contributed by atoms with Crippen LogP contribution in [0, 0.1) is 0 Å². The minimum atomic E-state index is -1.64. The molecule has 0 aromatic rings. The van der Waals surface area contributed by atoms with E-state index >= 15 is 0 Å². The average molecular weight is 203 g/mol. The molecule has 1 amide bonds. The van der Waals surface area contributed by atoms with Gasteiger partial charge in [0.15, 0.2) is 5.60 Å². The molecular formula is C9H17NO4. The standard InChI is InChI=1S/C9H17NO4/c1-4-5-9(13,8(12)10-2)6-7(11)14-3/h13H,4-6H2,1-3H3,(H,10,12). The molecule has 0 spiro atoms. The Morgan fingerprint density at radius 1 is 1.50 bits per heavy atom. The number of ether oxygens (including phenoxy) is 1. The molecular weight excluding hydrogens is 186 g/mol. The van der Waals surface area contributed by atoms with Crippen LogP contribution in [-0.2, 0) is 14.3 Å². The fourth-order valence-corrected chi connectivity index (χ4v) is 1.24. The summed E-state index contributed by atoms with van der Waals surface area (Å²) < 4.78 is 4.41. The van der Waals surface area contributed by atoms with Crippen LogP contribution >= 0.6 is 0 Å². The number of carbonyl (C=O) groups is 2. The van der Waals surface area contributed by atoms with Gasteiger partial charge < -0.3 is 15.2 Å². The van der Waals surface area contributed by atoms with E-state index in [4.69, 9.17) is 0 Å². The number of aliphatic hydroxyl groups is 1. The van der Waals surface area contributed by atoms with Gasteiger partial charge in [-0.15, -0.1) is 0 Å². The van der Waals surface area contributed by atoms with Crippen LogP contribution in [0.15, 0.2) is 0 Å². The normalized spacial score (nSPS) is 14.3. The molecule has 0 bridgehead atoms. The number of esters is 1. The Morgan fingerprint density at radius 2 is 2.07 bits per heavy atom. The van der Waals surface area contributed by atoms with E-state index in [0.717, 1.165) is 0 Å². The Morgan fingerprint density at radius 3 is 2.43 bits per heavy atom. The molecule has 1 atom stereocenters. The Labute approximate surface area is 83.4 Å². The molecule has 2 N–H and O–H groups in total. The van der Waals surface area contributed by atoms with Gasteiger partial charge in [-0.2, -0.15) is 0 Å². The molecule has 0 rings (SSSR count). The Bertz CT molecular complexity index is 217. The second kappa shape index (κ2) is 5.59. The van der Waals surface area contributed by atoms with Crippen molar-refractivity contribution in [2.45, 2.75) is 31.8 Å². The number of carbonyl (C=O) groups excluding carboxylic acids is 2. The summed E-state index contributed by atoms with van der Waals surface area (Å²) in [4.78, 5) is 22.3. The van der Waals surface area contributed by atoms with Gasteiger partial charge in [0.2, 0.25) is 0 Å². The molecule has 0 aliphatic heterocycles. The van der Waals surface area contributed by atoms with Crippen molar-refractivity contribution in [1.82, 2.24) is 5.32 Å². The third kappa shape index (κ3) is 3.33. The lowest BCUT2D eigenvalue weighted by Gasteiger charge is -2.24. The topological polar surface area (TPSA) is 75.6 Å². The lowest BCUT2D eigenvalue weighted by molar-refractivity contribution is -0.155. The van der Waals surface area contributed by atoms with E-state index in [1.54, 1.807) is 0 Å². The molecule has 0 saturated heterocycles. The molecule has 5 nitrogen and oxygen atoms in total. The predicted molar refractivity (Wildman–Crippen MR) is 50.6 cm³/mol. The van der Waals surface area contributed by atoms with E-state index in [1.165, 1.54) is 14.2 Å². The van der Waals surface area contributed by atoms with Crippen molar-refractivity contribution in [3.63, 3.8) is 0 Å². The van der Waals surface area contributed by atoms with Crippen molar-refractivity contribution in [1.29, 1.82) is 0 Å². The lowest BCUT2D eigenvalue weighted by atomic mass is 9.93. The quantitative estimate of drug-likeness (QED) is 0.608. The van der Waals surface area contributed by atoms with Crippen molar-refractivity contribution in [3.8, 4) is 0 Å². The summed E-state index contributed by atoms with van der Waals surface area (Å²) in [5.74, 6) is -1.14. The minimum Gasteiger partial charge on any atom is -0.469 e. The third-order valence-electron chi connectivity index (χ3n) is 1.98. The van der Waals surface area contributed by atoms with E-state index < -0.39 is 17.5 Å². The van der Waals surface area contributed by atoms with Crippen molar-refractivity contribution in [3.05, 3.63) is 0 Å². The van der Waals surface area contributed by atoms with Crippen LogP contribution in [0.3, 0.4) is 0 Å². The summed E-state index contributed by atoms with van der Waals surface area (Å²) in [5, 5.41) is 12.2. The predicted octanol–water partition coefficient (Wildman–Crippen LogP) is -0.173. The highest BCUT2D eigenvalue weighted by atomic mass is 16.5. The number of hydrogen-bond donors (Lipinski definition) is 2. The number of rotatable bonds is 5. The van der Waals surface area contributed by atoms with Crippen LogP contribution in [0.1, 0.15) is 26.2 Å². The molecule has 5 heteroatoms. The first-order valence-corrected chi connectivity index (χ1v) is 4.51. The van der Waals surface area contributed by atoms with Crippen molar-refractivity contribution < 1.29 is 19.4 Å². The molecule has 1 unspecified atom stereocenters. The molecule has 14 heavy (non-hydrogen) atoms. The zero-order valence-corrected chi connectivity index (χ0v) is 8.79. The summed E-state index contributed by atoms with van der Waals surface area (Å²) >= 11 is 0. The first kappa shape index (κ1) is 12.9. The number of likely N-dealkylation sites (N-methyl/N-ethyl adjacent to an activating group) is 1. The Hall–Kier alpha value is -1.10. The SMILES string of the molecule is CCCC(O)(CC(=O)OC)C(=O)NC. The summed E-state index contributed by atoms with van der Waals surface area (Å²) in [6.45, 7) is 1.82. The van der Waals surface area contributed by atoms with Gasteiger partial charge in [0.25, 0.3) is 5.91 Å². The van der Waals surface area contributed by atoms with Gasteiger partial charge in [-0.25, -0.2) is 0 Å². The average Bonchev–Trinajstić information content (AvgIpc) is 2.16. The summed E-state index contributed by atoms with van der Waals surface area (Å²) in [7, 11) is 2.64. The van der Waals surface area contributed by atoms with Crippen LogP contribution in [0.4, 0.5) is 0 Å². The number of amides is 1. The maximum Gasteiger partial charge on any atom is 0.308 e. The number of nitrogens with one attached hydrogen (secondary N) is 1. The van der Waals surface area contributed by atoms with Gasteiger partial charge in [0.05, 0.1) is 13.5 Å². The number of hydrogen-bond acceptors (Lipinski definition) is 4. The van der Waals surface area contributed by atoms with Crippen LogP contribution in [0.25, 0.3) is 0 Å². The van der Waals surface area contributed by atoms with Crippen LogP contribution in [0.2, 0.25) is 0 Å². The van der Waals surface area contributed by atoms with Gasteiger partial charge >= 0.3 is 5.97 Å². The molecule has 0 aliphatic carbocycles. The van der Waals surface area contributed by atoms with Crippen molar-refractivity contribution in [2.24, 2.45) is 0 Å². The second-order valence-corrected chi connectivity index (χ2v) is 3.11. The first-order valence-electron chi connectivity index (χ1n) is 4.51. The molecule has 0 fully saturated rings. The first-order chi connectivity index (χ1) is 6.50. The van der Waals surface area contributed by atoms with E-state index in [0.29, 0.717) is 6.42 Å². The summed E-state index contributed by atoms with van der Waals surface area (Å²) in [5.41, 5.74) is -1.64. The van der Waals surface area contributed by atoms with Gasteiger partial charge in [-0.05, 0) is 6.42 Å². The molecule has 82 valence electrons. The maximum atomic E-state index is 11.3. The smallest absolute Gasteiger partial charge is 0.308 e. The minimum absolute atomic E-state index is 0.238. The van der Waals surface area contributed by atoms with Crippen molar-refractivity contribution in [2.75, 3.05) is 14.2 Å². The van der Waals surface area contributed by atoms with Crippen LogP contribution in [-0.4, -0.2) is 36.7 Å². The van der Waals surface area contributed by atoms with Crippen LogP contribution in [0.5, 0.6) is 0 Å². The largest absolute Gasteiger partial charge is 0.469 e. The fourth-order valence-electron chi connectivity index (χ4n) is 1.24. The molecule has 0 radical (unpaired) electrons.